The molecule has 2 nitrogen and oxygen atoms in total. The van der Waals surface area contributed by atoms with Crippen molar-refractivity contribution in [3.8, 4) is 0 Å². The van der Waals surface area contributed by atoms with Gasteiger partial charge in [0.15, 0.2) is 0 Å². The lowest BCUT2D eigenvalue weighted by Gasteiger charge is -2.38. The highest BCUT2D eigenvalue weighted by molar-refractivity contribution is 7.73. The highest BCUT2D eigenvalue weighted by atomic mass is 35.5. The fourth-order valence-electron chi connectivity index (χ4n) is 5.13. The van der Waals surface area contributed by atoms with E-state index < -0.39 is 9.95 Å². The van der Waals surface area contributed by atoms with E-state index in [4.69, 9.17) is 45.8 Å². The largest absolute Gasteiger partial charge is 0.350 e. The van der Waals surface area contributed by atoms with Crippen LogP contribution in [-0.2, 0) is 0 Å². The van der Waals surface area contributed by atoms with Gasteiger partial charge in [-0.1, -0.05) is 60.7 Å². The van der Waals surface area contributed by atoms with Crippen molar-refractivity contribution >= 4 is 77.9 Å². The number of rotatable bonds is 5. The van der Waals surface area contributed by atoms with Crippen LogP contribution in [0.3, 0.4) is 0 Å². The van der Waals surface area contributed by atoms with Crippen LogP contribution in [0.4, 0.5) is 0 Å². The topological polar surface area (TPSA) is 6.02 Å². The van der Waals surface area contributed by atoms with Crippen molar-refractivity contribution < 1.29 is 9.15 Å². The second-order valence-electron chi connectivity index (χ2n) is 9.01. The van der Waals surface area contributed by atoms with Crippen LogP contribution >= 0.6 is 45.8 Å². The van der Waals surface area contributed by atoms with E-state index in [1.807, 2.05) is 60.7 Å². The molecular weight excluding hydrogens is 480 g/mol. The van der Waals surface area contributed by atoms with Gasteiger partial charge in [-0.2, -0.15) is 10.9 Å². The number of hydrogen-bond donors (Lipinski definition) is 0. The van der Waals surface area contributed by atoms with E-state index in [9.17, 15) is 0 Å². The molecule has 0 N–H and O–H groups in total. The van der Waals surface area contributed by atoms with Crippen molar-refractivity contribution in [2.75, 3.05) is 26.2 Å². The summed E-state index contributed by atoms with van der Waals surface area (Å²) in [7, 11) is 0. The second-order valence-corrected chi connectivity index (χ2v) is 12.1. The van der Waals surface area contributed by atoms with Crippen molar-refractivity contribution in [2.45, 2.75) is 38.5 Å². The average molecular weight is 510 g/mol. The molecule has 0 aromatic heterocycles. The molecule has 0 atom stereocenters. The van der Waals surface area contributed by atoms with Gasteiger partial charge >= 0.3 is 0 Å². The molecule has 2 saturated heterocycles. The molecule has 2 heterocycles. The highest BCUT2D eigenvalue weighted by Gasteiger charge is 2.46. The van der Waals surface area contributed by atoms with Crippen molar-refractivity contribution in [3.63, 3.8) is 0 Å². The molecule has 2 aromatic carbocycles. The highest BCUT2D eigenvalue weighted by Crippen LogP contribution is 2.28. The molecule has 0 aliphatic carbocycles. The molecule has 2 aromatic rings. The van der Waals surface area contributed by atoms with E-state index in [0.29, 0.717) is 0 Å². The molecule has 2 aliphatic rings. The van der Waals surface area contributed by atoms with E-state index in [2.05, 4.69) is 9.15 Å². The number of hydrogen-bond acceptors (Lipinski definition) is 0. The first-order valence-corrected chi connectivity index (χ1v) is 13.6. The minimum Gasteiger partial charge on any atom is -0.350 e. The predicted octanol–water partition coefficient (Wildman–Crippen LogP) is 4.99. The zero-order chi connectivity index (χ0) is 22.6. The van der Waals surface area contributed by atoms with E-state index in [0.717, 1.165) is 74.0 Å². The number of benzene rings is 2. The summed E-state index contributed by atoms with van der Waals surface area (Å²) in [4.78, 5) is -4.21. The van der Waals surface area contributed by atoms with Gasteiger partial charge in [-0.15, -0.1) is 0 Å². The summed E-state index contributed by atoms with van der Waals surface area (Å²) in [6, 6.07) is 20.0. The van der Waals surface area contributed by atoms with Crippen LogP contribution in [0.5, 0.6) is 0 Å². The van der Waals surface area contributed by atoms with E-state index in [-0.39, 0.29) is 0 Å². The average Bonchev–Trinajstić information content (AvgIpc) is 2.84. The SMILES string of the molecule is Cl[B-](Cl)(C(C(=[N+]1CCCCC1)[B-](Cl)(Cl)c1ccccc1)=[N+]1CCCCC1)c1ccccc1. The Bertz CT molecular complexity index is 894. The summed E-state index contributed by atoms with van der Waals surface area (Å²) >= 11 is 29.5. The first kappa shape index (κ1) is 24.2. The molecule has 4 rings (SSSR count). The lowest BCUT2D eigenvalue weighted by molar-refractivity contribution is -0.547. The lowest BCUT2D eigenvalue weighted by atomic mass is 9.49. The third kappa shape index (κ3) is 5.09. The molecule has 0 amide bonds. The van der Waals surface area contributed by atoms with Gasteiger partial charge < -0.3 is 45.8 Å². The summed E-state index contributed by atoms with van der Waals surface area (Å²) in [5, 5.41) is 0. The fraction of sp³-hybridized carbons (Fsp3) is 0.417. The van der Waals surface area contributed by atoms with Gasteiger partial charge in [0.05, 0.1) is 11.2 Å². The van der Waals surface area contributed by atoms with Crippen LogP contribution in [0, 0.1) is 0 Å². The Morgan fingerprint density at radius 3 is 1.12 bits per heavy atom. The quantitative estimate of drug-likeness (QED) is 0.395. The van der Waals surface area contributed by atoms with Gasteiger partial charge in [-0.25, -0.2) is 0 Å². The van der Waals surface area contributed by atoms with Crippen LogP contribution in [0.15, 0.2) is 60.7 Å². The Kier molecular flexibility index (Phi) is 7.98. The Labute approximate surface area is 211 Å². The first-order chi connectivity index (χ1) is 15.4. The Balaban J connectivity index is 1.98. The molecule has 2 aliphatic heterocycles. The van der Waals surface area contributed by atoms with Crippen LogP contribution < -0.4 is 10.9 Å². The third-order valence-electron chi connectivity index (χ3n) is 6.78. The summed E-state index contributed by atoms with van der Waals surface area (Å²) in [5.74, 6) is 0. The molecule has 32 heavy (non-hydrogen) atoms. The van der Waals surface area contributed by atoms with Crippen molar-refractivity contribution in [1.82, 2.24) is 0 Å². The normalized spacial score (nSPS) is 17.9. The van der Waals surface area contributed by atoms with E-state index >= 15 is 0 Å². The molecule has 0 unspecified atom stereocenters. The summed E-state index contributed by atoms with van der Waals surface area (Å²) in [6.45, 7) is 3.66. The number of nitrogens with zero attached hydrogens (tertiary/aromatic N) is 2. The molecule has 0 spiro atoms. The molecule has 0 radical (unpaired) electrons. The molecule has 2 fully saturated rings. The molecular formula is C24H30B2Cl4N2. The maximum atomic E-state index is 7.36. The second kappa shape index (κ2) is 10.6. The van der Waals surface area contributed by atoms with Gasteiger partial charge in [-0.05, 0) is 12.8 Å². The van der Waals surface area contributed by atoms with Gasteiger partial charge in [0.2, 0.25) is 0 Å². The Morgan fingerprint density at radius 2 is 0.812 bits per heavy atom. The van der Waals surface area contributed by atoms with E-state index in [1.165, 1.54) is 12.8 Å². The van der Waals surface area contributed by atoms with Crippen LogP contribution in [-0.4, -0.2) is 56.5 Å². The van der Waals surface area contributed by atoms with Crippen LogP contribution in [0.25, 0.3) is 0 Å². The van der Waals surface area contributed by atoms with Crippen molar-refractivity contribution in [1.29, 1.82) is 0 Å². The summed E-state index contributed by atoms with van der Waals surface area (Å²) in [6.07, 6.45) is 6.89. The zero-order valence-corrected chi connectivity index (χ0v) is 21.4. The standard InChI is InChI=1S/C24H30B2Cl4N2/c27-25(28,21-13-5-1-6-14-21)23(31-17-9-3-10-18-31)24(32-19-11-4-12-20-32)26(29,30)22-15-7-2-8-16-22/h1-2,5-8,13-16H,3-4,9-12,17-20H2. The number of piperidine rings is 2. The molecule has 170 valence electrons. The molecule has 0 saturated carbocycles. The lowest BCUT2D eigenvalue weighted by Crippen LogP contribution is -2.64. The first-order valence-electron chi connectivity index (χ1n) is 11.8. The maximum Gasteiger partial charge on any atom is 0.288 e. The van der Waals surface area contributed by atoms with Gasteiger partial charge in [0.25, 0.3) is 9.95 Å². The maximum absolute atomic E-state index is 7.36. The van der Waals surface area contributed by atoms with E-state index in [1.54, 1.807) is 0 Å². The molecule has 0 bridgehead atoms. The summed E-state index contributed by atoms with van der Waals surface area (Å²) < 4.78 is 4.73. The number of halogens is 4. The van der Waals surface area contributed by atoms with Crippen molar-refractivity contribution in [2.24, 2.45) is 0 Å². The van der Waals surface area contributed by atoms with Crippen molar-refractivity contribution in [3.05, 3.63) is 60.7 Å². The van der Waals surface area contributed by atoms with Crippen LogP contribution in [0.2, 0.25) is 0 Å². The predicted molar refractivity (Wildman–Crippen MR) is 145 cm³/mol. The van der Waals surface area contributed by atoms with Gasteiger partial charge in [0.1, 0.15) is 26.2 Å². The fourth-order valence-corrected chi connectivity index (χ4v) is 6.71. The van der Waals surface area contributed by atoms with Gasteiger partial charge in [0, 0.05) is 25.7 Å². The third-order valence-corrected chi connectivity index (χ3v) is 8.61. The zero-order valence-electron chi connectivity index (χ0n) is 18.4. The molecule has 8 heteroatoms. The smallest absolute Gasteiger partial charge is 0.288 e. The summed E-state index contributed by atoms with van der Waals surface area (Å²) in [5.41, 5.74) is 3.63. The minimum atomic E-state index is -2.11. The Hall–Kier alpha value is -0.930. The monoisotopic (exact) mass is 508 g/mol. The van der Waals surface area contributed by atoms with Crippen LogP contribution in [0.1, 0.15) is 38.5 Å². The minimum absolute atomic E-state index is 0.902. The Morgan fingerprint density at radius 1 is 0.500 bits per heavy atom. The van der Waals surface area contributed by atoms with Gasteiger partial charge in [-0.3, -0.25) is 9.15 Å².